The first kappa shape index (κ1) is 16.1. The Morgan fingerprint density at radius 3 is 2.81 bits per heavy atom. The molecule has 6 nitrogen and oxygen atoms in total. The summed E-state index contributed by atoms with van der Waals surface area (Å²) in [5, 5.41) is 11.9. The highest BCUT2D eigenvalue weighted by molar-refractivity contribution is 5.82. The standard InChI is InChI=1S/C15H27N3O3/c1-3-4-7-13(14(19)20)16-15(21)18-10-12-6-5-8-17(12)9-11(18)2/h11-13H,3-10H2,1-2H3,(H,16,21)(H,19,20)/t11?,12?,13-/m0/s1. The van der Waals surface area contributed by atoms with Crippen molar-refractivity contribution in [2.75, 3.05) is 19.6 Å². The van der Waals surface area contributed by atoms with Crippen molar-refractivity contribution in [3.8, 4) is 0 Å². The van der Waals surface area contributed by atoms with E-state index in [2.05, 4.69) is 10.2 Å². The van der Waals surface area contributed by atoms with Crippen molar-refractivity contribution in [3.05, 3.63) is 0 Å². The van der Waals surface area contributed by atoms with E-state index in [4.69, 9.17) is 0 Å². The summed E-state index contributed by atoms with van der Waals surface area (Å²) in [6.07, 6.45) is 4.56. The topological polar surface area (TPSA) is 72.9 Å². The third-order valence-electron chi connectivity index (χ3n) is 4.64. The Balaban J connectivity index is 1.93. The minimum atomic E-state index is -0.941. The number of hydrogen-bond donors (Lipinski definition) is 2. The Hall–Kier alpha value is -1.30. The van der Waals surface area contributed by atoms with Crippen LogP contribution in [0.1, 0.15) is 46.0 Å². The maximum atomic E-state index is 12.4. The third-order valence-corrected chi connectivity index (χ3v) is 4.64. The number of nitrogens with zero attached hydrogens (tertiary/aromatic N) is 2. The third kappa shape index (κ3) is 3.87. The van der Waals surface area contributed by atoms with Gasteiger partial charge in [0.2, 0.25) is 0 Å². The molecule has 2 amide bonds. The molecule has 6 heteroatoms. The van der Waals surface area contributed by atoms with Gasteiger partial charge in [-0.15, -0.1) is 0 Å². The van der Waals surface area contributed by atoms with Gasteiger partial charge in [-0.2, -0.15) is 0 Å². The molecule has 0 aromatic rings. The fraction of sp³-hybridized carbons (Fsp3) is 0.867. The second-order valence-electron chi connectivity index (χ2n) is 6.27. The van der Waals surface area contributed by atoms with E-state index < -0.39 is 12.0 Å². The minimum absolute atomic E-state index is 0.139. The van der Waals surface area contributed by atoms with Crippen LogP contribution in [0.25, 0.3) is 0 Å². The molecule has 2 unspecified atom stereocenters. The predicted molar refractivity (Wildman–Crippen MR) is 80.2 cm³/mol. The van der Waals surface area contributed by atoms with E-state index in [-0.39, 0.29) is 12.1 Å². The fourth-order valence-electron chi connectivity index (χ4n) is 3.37. The summed E-state index contributed by atoms with van der Waals surface area (Å²) in [5.41, 5.74) is 0. The molecule has 0 spiro atoms. The summed E-state index contributed by atoms with van der Waals surface area (Å²) >= 11 is 0. The number of piperazine rings is 1. The van der Waals surface area contributed by atoms with Gasteiger partial charge >= 0.3 is 12.0 Å². The Bertz CT molecular complexity index is 388. The van der Waals surface area contributed by atoms with Crippen LogP contribution in [0.4, 0.5) is 4.79 Å². The average molecular weight is 297 g/mol. The van der Waals surface area contributed by atoms with Crippen LogP contribution in [-0.4, -0.2) is 64.7 Å². The Morgan fingerprint density at radius 2 is 2.14 bits per heavy atom. The van der Waals surface area contributed by atoms with E-state index >= 15 is 0 Å². The molecule has 0 aliphatic carbocycles. The number of amides is 2. The number of urea groups is 1. The van der Waals surface area contributed by atoms with Crippen molar-refractivity contribution < 1.29 is 14.7 Å². The van der Waals surface area contributed by atoms with Crippen LogP contribution < -0.4 is 5.32 Å². The number of carboxylic acid groups (broad SMARTS) is 1. The molecule has 0 aromatic carbocycles. The first-order valence-electron chi connectivity index (χ1n) is 8.07. The lowest BCUT2D eigenvalue weighted by Gasteiger charge is -2.42. The lowest BCUT2D eigenvalue weighted by molar-refractivity contribution is -0.139. The number of hydrogen-bond acceptors (Lipinski definition) is 3. The highest BCUT2D eigenvalue weighted by atomic mass is 16.4. The van der Waals surface area contributed by atoms with E-state index in [1.807, 2.05) is 18.7 Å². The molecule has 2 N–H and O–H groups in total. The van der Waals surface area contributed by atoms with Gasteiger partial charge in [0.1, 0.15) is 6.04 Å². The lowest BCUT2D eigenvalue weighted by atomic mass is 10.1. The number of carbonyl (C=O) groups is 2. The predicted octanol–water partition coefficient (Wildman–Crippen LogP) is 1.51. The molecule has 0 bridgehead atoms. The van der Waals surface area contributed by atoms with E-state index in [0.29, 0.717) is 19.0 Å². The molecule has 2 saturated heterocycles. The van der Waals surface area contributed by atoms with Gasteiger partial charge < -0.3 is 15.3 Å². The van der Waals surface area contributed by atoms with Gasteiger partial charge in [0.25, 0.3) is 0 Å². The van der Waals surface area contributed by atoms with Crippen molar-refractivity contribution in [2.45, 2.75) is 64.1 Å². The van der Waals surface area contributed by atoms with Crippen LogP contribution in [0.3, 0.4) is 0 Å². The second-order valence-corrected chi connectivity index (χ2v) is 6.27. The van der Waals surface area contributed by atoms with E-state index in [1.165, 1.54) is 6.42 Å². The van der Waals surface area contributed by atoms with E-state index in [0.717, 1.165) is 32.4 Å². The Morgan fingerprint density at radius 1 is 1.38 bits per heavy atom. The van der Waals surface area contributed by atoms with Crippen molar-refractivity contribution in [3.63, 3.8) is 0 Å². The molecule has 0 radical (unpaired) electrons. The van der Waals surface area contributed by atoms with Crippen LogP contribution in [0.5, 0.6) is 0 Å². The maximum absolute atomic E-state index is 12.4. The number of carbonyl (C=O) groups excluding carboxylic acids is 1. The zero-order chi connectivity index (χ0) is 15.4. The molecule has 2 aliphatic rings. The molecule has 120 valence electrons. The maximum Gasteiger partial charge on any atom is 0.326 e. The molecular weight excluding hydrogens is 270 g/mol. The van der Waals surface area contributed by atoms with Gasteiger partial charge in [0.05, 0.1) is 0 Å². The summed E-state index contributed by atoms with van der Waals surface area (Å²) in [7, 11) is 0. The molecule has 21 heavy (non-hydrogen) atoms. The zero-order valence-corrected chi connectivity index (χ0v) is 13.0. The van der Waals surface area contributed by atoms with Gasteiger partial charge in [-0.3, -0.25) is 4.90 Å². The van der Waals surface area contributed by atoms with Crippen molar-refractivity contribution >= 4 is 12.0 Å². The largest absolute Gasteiger partial charge is 0.480 e. The van der Waals surface area contributed by atoms with Crippen LogP contribution in [-0.2, 0) is 4.79 Å². The molecule has 2 heterocycles. The first-order valence-corrected chi connectivity index (χ1v) is 8.07. The first-order chi connectivity index (χ1) is 10.0. The summed E-state index contributed by atoms with van der Waals surface area (Å²) < 4.78 is 0. The van der Waals surface area contributed by atoms with E-state index in [9.17, 15) is 14.7 Å². The molecule has 3 atom stereocenters. The Kier molecular flexibility index (Phi) is 5.45. The number of aliphatic carboxylic acids is 1. The molecular formula is C15H27N3O3. The van der Waals surface area contributed by atoms with Crippen LogP contribution in [0.2, 0.25) is 0 Å². The Labute approximate surface area is 126 Å². The molecule has 2 fully saturated rings. The molecule has 0 saturated carbocycles. The van der Waals surface area contributed by atoms with Gasteiger partial charge in [-0.25, -0.2) is 9.59 Å². The number of nitrogens with one attached hydrogen (secondary N) is 1. The van der Waals surface area contributed by atoms with Gasteiger partial charge in [0.15, 0.2) is 0 Å². The monoisotopic (exact) mass is 297 g/mol. The van der Waals surface area contributed by atoms with E-state index in [1.54, 1.807) is 0 Å². The minimum Gasteiger partial charge on any atom is -0.480 e. The molecule has 2 aliphatic heterocycles. The SMILES string of the molecule is CCCC[C@H](NC(=O)N1CC2CCCN2CC1C)C(=O)O. The average Bonchev–Trinajstić information content (AvgIpc) is 2.88. The van der Waals surface area contributed by atoms with Crippen molar-refractivity contribution in [1.82, 2.24) is 15.1 Å². The van der Waals surface area contributed by atoms with Gasteiger partial charge in [-0.1, -0.05) is 19.8 Å². The molecule has 2 rings (SSSR count). The van der Waals surface area contributed by atoms with Crippen LogP contribution in [0, 0.1) is 0 Å². The van der Waals surface area contributed by atoms with Gasteiger partial charge in [0, 0.05) is 25.2 Å². The summed E-state index contributed by atoms with van der Waals surface area (Å²) in [4.78, 5) is 27.9. The summed E-state index contributed by atoms with van der Waals surface area (Å²) in [5.74, 6) is -0.941. The lowest BCUT2D eigenvalue weighted by Crippen LogP contribution is -2.60. The highest BCUT2D eigenvalue weighted by Gasteiger charge is 2.37. The number of rotatable bonds is 5. The molecule has 0 aromatic heterocycles. The van der Waals surface area contributed by atoms with Crippen LogP contribution in [0.15, 0.2) is 0 Å². The second kappa shape index (κ2) is 7.11. The number of carboxylic acids is 1. The van der Waals surface area contributed by atoms with Gasteiger partial charge in [-0.05, 0) is 32.7 Å². The summed E-state index contributed by atoms with van der Waals surface area (Å²) in [6.45, 7) is 6.79. The highest BCUT2D eigenvalue weighted by Crippen LogP contribution is 2.24. The van der Waals surface area contributed by atoms with Crippen LogP contribution >= 0.6 is 0 Å². The summed E-state index contributed by atoms with van der Waals surface area (Å²) in [6, 6.07) is -0.408. The fourth-order valence-corrected chi connectivity index (χ4v) is 3.37. The number of fused-ring (bicyclic) bond motifs is 1. The smallest absolute Gasteiger partial charge is 0.326 e. The number of unbranched alkanes of at least 4 members (excludes halogenated alkanes) is 1. The van der Waals surface area contributed by atoms with Crippen molar-refractivity contribution in [2.24, 2.45) is 0 Å². The van der Waals surface area contributed by atoms with Crippen molar-refractivity contribution in [1.29, 1.82) is 0 Å². The normalized spacial score (nSPS) is 27.2. The quantitative estimate of drug-likeness (QED) is 0.807. The zero-order valence-electron chi connectivity index (χ0n) is 13.0.